The molecular formula is C9H20F2O3Si. The molecule has 1 aliphatic carbocycles. The Hall–Kier alpha value is -0.0431. The Balaban J connectivity index is 0.000000265. The van der Waals surface area contributed by atoms with Gasteiger partial charge < -0.3 is 13.3 Å². The smallest absolute Gasteiger partial charge is 0.379 e. The topological polar surface area (TPSA) is 27.7 Å². The van der Waals surface area contributed by atoms with Crippen LogP contribution in [0.2, 0.25) is 0 Å². The molecule has 0 aromatic heterocycles. The van der Waals surface area contributed by atoms with Gasteiger partial charge in [-0.25, -0.2) is 4.39 Å². The summed E-state index contributed by atoms with van der Waals surface area (Å²) in [6, 6.07) is 0. The van der Waals surface area contributed by atoms with Crippen molar-refractivity contribution in [1.29, 1.82) is 0 Å². The first-order valence-corrected chi connectivity index (χ1v) is 6.39. The molecule has 0 spiro atoms. The van der Waals surface area contributed by atoms with Crippen LogP contribution in [0, 0.1) is 5.92 Å². The maximum absolute atomic E-state index is 12.0. The normalized spacial score (nSPS) is 23.6. The van der Waals surface area contributed by atoms with E-state index in [1.807, 2.05) is 0 Å². The monoisotopic (exact) mass is 242 g/mol. The molecule has 0 radical (unpaired) electrons. The van der Waals surface area contributed by atoms with Crippen LogP contribution in [-0.4, -0.2) is 43.7 Å². The van der Waals surface area contributed by atoms with E-state index in [1.54, 1.807) is 21.3 Å². The Morgan fingerprint density at radius 3 is 1.87 bits per heavy atom. The molecule has 1 rings (SSSR count). The van der Waals surface area contributed by atoms with E-state index in [0.717, 1.165) is 6.42 Å². The van der Waals surface area contributed by atoms with Crippen LogP contribution in [0.25, 0.3) is 0 Å². The first-order chi connectivity index (χ1) is 7.19. The molecule has 0 aromatic rings. The predicted octanol–water partition coefficient (Wildman–Crippen LogP) is 1.74. The highest BCUT2D eigenvalue weighted by Gasteiger charge is 2.36. The molecule has 6 heteroatoms. The number of rotatable bonds is 6. The fraction of sp³-hybridized carbons (Fsp3) is 1.00. The molecule has 3 nitrogen and oxygen atoms in total. The van der Waals surface area contributed by atoms with Gasteiger partial charge in [0.15, 0.2) is 0 Å². The Morgan fingerprint density at radius 1 is 1.20 bits per heavy atom. The molecule has 0 amide bonds. The molecule has 0 aliphatic heterocycles. The molecule has 0 aromatic carbocycles. The van der Waals surface area contributed by atoms with Gasteiger partial charge in [0.2, 0.25) is 0 Å². The van der Waals surface area contributed by atoms with Crippen LogP contribution in [0.5, 0.6) is 0 Å². The van der Waals surface area contributed by atoms with E-state index in [0.29, 0.717) is 12.8 Å². The van der Waals surface area contributed by atoms with Crippen molar-refractivity contribution >= 4 is 9.53 Å². The largest absolute Gasteiger partial charge is 0.483 e. The molecule has 1 fully saturated rings. The molecule has 15 heavy (non-hydrogen) atoms. The van der Waals surface area contributed by atoms with Crippen LogP contribution >= 0.6 is 0 Å². The lowest BCUT2D eigenvalue weighted by Crippen LogP contribution is -2.21. The van der Waals surface area contributed by atoms with E-state index in [9.17, 15) is 8.78 Å². The van der Waals surface area contributed by atoms with E-state index in [-0.39, 0.29) is 12.6 Å². The second-order valence-electron chi connectivity index (χ2n) is 3.34. The van der Waals surface area contributed by atoms with Crippen molar-refractivity contribution in [3.05, 3.63) is 0 Å². The van der Waals surface area contributed by atoms with Crippen molar-refractivity contribution in [3.8, 4) is 0 Å². The first kappa shape index (κ1) is 15.0. The first-order valence-electron chi connectivity index (χ1n) is 4.98. The summed E-state index contributed by atoms with van der Waals surface area (Å²) >= 11 is 0. The van der Waals surface area contributed by atoms with Gasteiger partial charge in [0.05, 0.1) is 6.67 Å². The molecule has 1 saturated carbocycles. The van der Waals surface area contributed by atoms with Gasteiger partial charge in [-0.1, -0.05) is 0 Å². The summed E-state index contributed by atoms with van der Waals surface area (Å²) in [5.74, 6) is 0.214. The van der Waals surface area contributed by atoms with Crippen molar-refractivity contribution in [2.45, 2.75) is 25.4 Å². The van der Waals surface area contributed by atoms with Gasteiger partial charge >= 0.3 is 9.53 Å². The minimum atomic E-state index is -1.67. The molecule has 2 atom stereocenters. The van der Waals surface area contributed by atoms with Gasteiger partial charge in [-0.05, 0) is 25.2 Å². The maximum Gasteiger partial charge on any atom is 0.483 e. The molecular weight excluding hydrogens is 222 g/mol. The molecule has 2 unspecified atom stereocenters. The third kappa shape index (κ3) is 7.84. The van der Waals surface area contributed by atoms with Crippen LogP contribution in [0.15, 0.2) is 0 Å². The van der Waals surface area contributed by atoms with E-state index in [1.165, 1.54) is 0 Å². The van der Waals surface area contributed by atoms with E-state index >= 15 is 0 Å². The zero-order chi connectivity index (χ0) is 11.7. The van der Waals surface area contributed by atoms with Gasteiger partial charge in [-0.15, -0.1) is 0 Å². The maximum atomic E-state index is 12.0. The van der Waals surface area contributed by atoms with Crippen molar-refractivity contribution < 1.29 is 22.1 Å². The van der Waals surface area contributed by atoms with E-state index < -0.39 is 15.7 Å². The van der Waals surface area contributed by atoms with Crippen molar-refractivity contribution in [3.63, 3.8) is 0 Å². The Labute approximate surface area is 91.7 Å². The summed E-state index contributed by atoms with van der Waals surface area (Å²) in [6.45, 7) is -0.288. The lowest BCUT2D eigenvalue weighted by Gasteiger charge is -2.05. The highest BCUT2D eigenvalue weighted by molar-refractivity contribution is 6.36. The molecule has 92 valence electrons. The van der Waals surface area contributed by atoms with Crippen LogP contribution in [-0.2, 0) is 13.3 Å². The van der Waals surface area contributed by atoms with E-state index in [4.69, 9.17) is 13.3 Å². The van der Waals surface area contributed by atoms with E-state index in [2.05, 4.69) is 0 Å². The highest BCUT2D eigenvalue weighted by Crippen LogP contribution is 2.37. The van der Waals surface area contributed by atoms with Crippen molar-refractivity contribution in [2.75, 3.05) is 28.0 Å². The van der Waals surface area contributed by atoms with Gasteiger partial charge in [-0.3, -0.25) is 4.39 Å². The summed E-state index contributed by atoms with van der Waals surface area (Å²) < 4.78 is 37.6. The highest BCUT2D eigenvalue weighted by atomic mass is 28.3. The van der Waals surface area contributed by atoms with Gasteiger partial charge in [0.25, 0.3) is 0 Å². The quantitative estimate of drug-likeness (QED) is 0.664. The number of halogens is 2. The SMILES string of the molecule is CO[SiH](OC)OC.FCCCC1CC1F. The van der Waals surface area contributed by atoms with Gasteiger partial charge in [0, 0.05) is 21.3 Å². The van der Waals surface area contributed by atoms with Crippen molar-refractivity contribution in [2.24, 2.45) is 5.92 Å². The second kappa shape index (κ2) is 9.20. The van der Waals surface area contributed by atoms with Gasteiger partial charge in [0.1, 0.15) is 6.17 Å². The lowest BCUT2D eigenvalue weighted by molar-refractivity contribution is 0.163. The number of alkyl halides is 2. The third-order valence-electron chi connectivity index (χ3n) is 2.12. The summed E-state index contributed by atoms with van der Waals surface area (Å²) in [5, 5.41) is 0. The third-order valence-corrected chi connectivity index (χ3v) is 3.28. The van der Waals surface area contributed by atoms with Gasteiger partial charge in [-0.2, -0.15) is 0 Å². The predicted molar refractivity (Wildman–Crippen MR) is 56.4 cm³/mol. The van der Waals surface area contributed by atoms with Crippen LogP contribution in [0.3, 0.4) is 0 Å². The average Bonchev–Trinajstić information content (AvgIpc) is 2.95. The summed E-state index contributed by atoms with van der Waals surface area (Å²) in [5.41, 5.74) is 0. The molecule has 0 heterocycles. The summed E-state index contributed by atoms with van der Waals surface area (Å²) in [7, 11) is 3.05. The van der Waals surface area contributed by atoms with Crippen LogP contribution < -0.4 is 0 Å². The van der Waals surface area contributed by atoms with Crippen LogP contribution in [0.4, 0.5) is 8.78 Å². The standard InChI is InChI=1S/C6H10F2.C3H10O3Si/c7-3-1-2-5-4-6(5)8;1-4-7(5-2)6-3/h5-6H,1-4H2;7H,1-3H3. The molecule has 0 saturated heterocycles. The molecule has 1 aliphatic rings. The average molecular weight is 242 g/mol. The number of hydrogen-bond acceptors (Lipinski definition) is 3. The van der Waals surface area contributed by atoms with Crippen LogP contribution in [0.1, 0.15) is 19.3 Å². The minimum absolute atomic E-state index is 0.214. The Morgan fingerprint density at radius 2 is 1.67 bits per heavy atom. The lowest BCUT2D eigenvalue weighted by atomic mass is 10.2. The number of hydrogen-bond donors (Lipinski definition) is 0. The second-order valence-corrected chi connectivity index (χ2v) is 5.33. The Bertz CT molecular complexity index is 142. The minimum Gasteiger partial charge on any atom is -0.379 e. The molecule has 0 bridgehead atoms. The summed E-state index contributed by atoms with van der Waals surface area (Å²) in [4.78, 5) is 0. The Kier molecular flexibility index (Phi) is 9.18. The van der Waals surface area contributed by atoms with Crippen molar-refractivity contribution in [1.82, 2.24) is 0 Å². The zero-order valence-electron chi connectivity index (χ0n) is 9.54. The summed E-state index contributed by atoms with van der Waals surface area (Å²) in [6.07, 6.45) is 1.38. The molecule has 0 N–H and O–H groups in total. The fourth-order valence-corrected chi connectivity index (χ4v) is 1.71. The zero-order valence-corrected chi connectivity index (χ0v) is 10.7. The fourth-order valence-electron chi connectivity index (χ4n) is 1.14.